The third-order valence-corrected chi connectivity index (χ3v) is 2.53. The Balaban J connectivity index is 2.71. The topological polar surface area (TPSA) is 12.0 Å². The highest BCUT2D eigenvalue weighted by atomic mass is 19.4. The van der Waals surface area contributed by atoms with Gasteiger partial charge in [-0.05, 0) is 13.5 Å². The van der Waals surface area contributed by atoms with Crippen molar-refractivity contribution in [3.8, 4) is 0 Å². The van der Waals surface area contributed by atoms with Gasteiger partial charge in [-0.25, -0.2) is 8.78 Å². The van der Waals surface area contributed by atoms with E-state index < -0.39 is 36.9 Å². The molecular formula is C8H12F5N. The first kappa shape index (κ1) is 11.7. The lowest BCUT2D eigenvalue weighted by molar-refractivity contribution is -0.210. The van der Waals surface area contributed by atoms with Crippen LogP contribution in [0.15, 0.2) is 0 Å². The van der Waals surface area contributed by atoms with E-state index in [-0.39, 0.29) is 6.42 Å². The van der Waals surface area contributed by atoms with Crippen LogP contribution < -0.4 is 5.32 Å². The zero-order chi connectivity index (χ0) is 11.0. The van der Waals surface area contributed by atoms with Crippen molar-refractivity contribution in [3.63, 3.8) is 0 Å². The van der Waals surface area contributed by atoms with E-state index in [0.29, 0.717) is 0 Å². The van der Waals surface area contributed by atoms with Gasteiger partial charge < -0.3 is 5.32 Å². The zero-order valence-corrected chi connectivity index (χ0v) is 7.67. The van der Waals surface area contributed by atoms with Crippen LogP contribution in [0.25, 0.3) is 0 Å². The summed E-state index contributed by atoms with van der Waals surface area (Å²) in [6, 6.07) is -0.745. The van der Waals surface area contributed by atoms with Crippen LogP contribution in [0.4, 0.5) is 22.0 Å². The van der Waals surface area contributed by atoms with Gasteiger partial charge in [0.1, 0.15) is 0 Å². The Hall–Kier alpha value is -0.390. The lowest BCUT2D eigenvalue weighted by Gasteiger charge is -2.35. The van der Waals surface area contributed by atoms with E-state index in [9.17, 15) is 22.0 Å². The molecule has 1 fully saturated rings. The van der Waals surface area contributed by atoms with Crippen LogP contribution in [0, 0.1) is 5.92 Å². The Morgan fingerprint density at radius 3 is 2.21 bits per heavy atom. The summed E-state index contributed by atoms with van der Waals surface area (Å²) in [4.78, 5) is 0. The summed E-state index contributed by atoms with van der Waals surface area (Å²) in [5.41, 5.74) is 0. The predicted molar refractivity (Wildman–Crippen MR) is 41.2 cm³/mol. The number of alkyl halides is 5. The fourth-order valence-corrected chi connectivity index (χ4v) is 1.78. The molecule has 1 nitrogen and oxygen atoms in total. The number of hydrogen-bond acceptors (Lipinski definition) is 1. The van der Waals surface area contributed by atoms with E-state index in [1.165, 1.54) is 7.05 Å². The zero-order valence-electron chi connectivity index (χ0n) is 7.67. The Labute approximate surface area is 78.7 Å². The van der Waals surface area contributed by atoms with Crippen molar-refractivity contribution < 1.29 is 22.0 Å². The van der Waals surface area contributed by atoms with Gasteiger partial charge in [0.25, 0.3) is 0 Å². The molecule has 0 spiro atoms. The molecule has 2 atom stereocenters. The van der Waals surface area contributed by atoms with Crippen LogP contribution in [-0.4, -0.2) is 25.2 Å². The van der Waals surface area contributed by atoms with Crippen molar-refractivity contribution in [1.29, 1.82) is 0 Å². The molecule has 0 heterocycles. The second kappa shape index (κ2) is 3.64. The monoisotopic (exact) mass is 217 g/mol. The standard InChI is InChI=1S/C8H12F5N/c1-14-6-2-5(8(11,12)13)3-7(9,10)4-6/h5-6,14H,2-4H2,1H3. The summed E-state index contributed by atoms with van der Waals surface area (Å²) < 4.78 is 62.5. The van der Waals surface area contributed by atoms with E-state index in [1.807, 2.05) is 0 Å². The largest absolute Gasteiger partial charge is 0.392 e. The highest BCUT2D eigenvalue weighted by molar-refractivity contribution is 4.89. The second-order valence-corrected chi connectivity index (χ2v) is 3.72. The van der Waals surface area contributed by atoms with Crippen LogP contribution in [0.3, 0.4) is 0 Å². The van der Waals surface area contributed by atoms with E-state index in [2.05, 4.69) is 5.32 Å². The van der Waals surface area contributed by atoms with Crippen LogP contribution in [-0.2, 0) is 0 Å². The number of nitrogens with one attached hydrogen (secondary N) is 1. The normalized spacial score (nSPS) is 33.0. The van der Waals surface area contributed by atoms with Crippen molar-refractivity contribution in [2.75, 3.05) is 7.05 Å². The highest BCUT2D eigenvalue weighted by Crippen LogP contribution is 2.44. The number of rotatable bonds is 1. The molecule has 6 heteroatoms. The van der Waals surface area contributed by atoms with Gasteiger partial charge in [-0.15, -0.1) is 0 Å². The Bertz CT molecular complexity index is 200. The molecule has 0 aromatic rings. The SMILES string of the molecule is CNC1CC(C(F)(F)F)CC(F)(F)C1. The minimum atomic E-state index is -4.51. The lowest BCUT2D eigenvalue weighted by Crippen LogP contribution is -2.45. The summed E-state index contributed by atoms with van der Waals surface area (Å²) in [7, 11) is 1.40. The highest BCUT2D eigenvalue weighted by Gasteiger charge is 2.51. The van der Waals surface area contributed by atoms with Gasteiger partial charge in [-0.2, -0.15) is 13.2 Å². The maximum absolute atomic E-state index is 12.9. The maximum Gasteiger partial charge on any atom is 0.392 e. The average molecular weight is 217 g/mol. The van der Waals surface area contributed by atoms with Crippen LogP contribution >= 0.6 is 0 Å². The molecule has 84 valence electrons. The van der Waals surface area contributed by atoms with Gasteiger partial charge in [0.2, 0.25) is 5.92 Å². The molecule has 0 aliphatic heterocycles. The van der Waals surface area contributed by atoms with Crippen molar-refractivity contribution in [2.24, 2.45) is 5.92 Å². The molecule has 1 aliphatic rings. The molecule has 0 radical (unpaired) electrons. The van der Waals surface area contributed by atoms with Crippen LogP contribution in [0.2, 0.25) is 0 Å². The third-order valence-electron chi connectivity index (χ3n) is 2.53. The summed E-state index contributed by atoms with van der Waals surface area (Å²) in [5, 5.41) is 2.48. The molecule has 0 bridgehead atoms. The van der Waals surface area contributed by atoms with Gasteiger partial charge in [-0.1, -0.05) is 0 Å². The minimum absolute atomic E-state index is 0.254. The fraction of sp³-hybridized carbons (Fsp3) is 1.00. The maximum atomic E-state index is 12.9. The molecule has 0 aromatic heterocycles. The Kier molecular flexibility index (Phi) is 3.04. The van der Waals surface area contributed by atoms with Crippen molar-refractivity contribution in [1.82, 2.24) is 5.32 Å². The van der Waals surface area contributed by atoms with Gasteiger partial charge in [-0.3, -0.25) is 0 Å². The molecule has 2 unspecified atom stereocenters. The van der Waals surface area contributed by atoms with Crippen molar-refractivity contribution >= 4 is 0 Å². The first-order valence-corrected chi connectivity index (χ1v) is 4.36. The first-order valence-electron chi connectivity index (χ1n) is 4.36. The Morgan fingerprint density at radius 1 is 1.21 bits per heavy atom. The molecule has 1 aliphatic carbocycles. The lowest BCUT2D eigenvalue weighted by atomic mass is 9.83. The molecular weight excluding hydrogens is 205 g/mol. The molecule has 0 aromatic carbocycles. The molecule has 0 saturated heterocycles. The summed E-state index contributed by atoms with van der Waals surface area (Å²) >= 11 is 0. The van der Waals surface area contributed by atoms with E-state index >= 15 is 0 Å². The summed E-state index contributed by atoms with van der Waals surface area (Å²) in [6.07, 6.45) is -6.35. The quantitative estimate of drug-likeness (QED) is 0.665. The van der Waals surface area contributed by atoms with E-state index in [4.69, 9.17) is 0 Å². The van der Waals surface area contributed by atoms with Crippen LogP contribution in [0.5, 0.6) is 0 Å². The predicted octanol–water partition coefficient (Wildman–Crippen LogP) is 2.57. The molecule has 14 heavy (non-hydrogen) atoms. The molecule has 1 saturated carbocycles. The first-order chi connectivity index (χ1) is 6.24. The molecule has 1 N–H and O–H groups in total. The molecule has 0 amide bonds. The number of halogens is 5. The number of hydrogen-bond donors (Lipinski definition) is 1. The second-order valence-electron chi connectivity index (χ2n) is 3.72. The third kappa shape index (κ3) is 2.80. The molecule has 1 rings (SSSR count). The van der Waals surface area contributed by atoms with Gasteiger partial charge in [0.05, 0.1) is 5.92 Å². The van der Waals surface area contributed by atoms with E-state index in [0.717, 1.165) is 0 Å². The van der Waals surface area contributed by atoms with Gasteiger partial charge in [0, 0.05) is 18.9 Å². The summed E-state index contributed by atoms with van der Waals surface area (Å²) in [6.45, 7) is 0. The van der Waals surface area contributed by atoms with Crippen molar-refractivity contribution in [2.45, 2.75) is 37.4 Å². The smallest absolute Gasteiger partial charge is 0.317 e. The Morgan fingerprint density at radius 2 is 1.79 bits per heavy atom. The summed E-state index contributed by atoms with van der Waals surface area (Å²) in [5.74, 6) is -5.09. The van der Waals surface area contributed by atoms with Gasteiger partial charge in [0.15, 0.2) is 0 Å². The van der Waals surface area contributed by atoms with E-state index in [1.54, 1.807) is 0 Å². The fourth-order valence-electron chi connectivity index (χ4n) is 1.78. The van der Waals surface area contributed by atoms with Crippen LogP contribution in [0.1, 0.15) is 19.3 Å². The minimum Gasteiger partial charge on any atom is -0.317 e. The average Bonchev–Trinajstić information content (AvgIpc) is 1.99. The van der Waals surface area contributed by atoms with Crippen molar-refractivity contribution in [3.05, 3.63) is 0 Å². The van der Waals surface area contributed by atoms with Gasteiger partial charge >= 0.3 is 6.18 Å².